The number of aryl methyl sites for hydroxylation is 1. The van der Waals surface area contributed by atoms with Crippen molar-refractivity contribution >= 4 is 34.2 Å². The third-order valence-corrected chi connectivity index (χ3v) is 5.57. The van der Waals surface area contributed by atoms with Crippen LogP contribution in [0.5, 0.6) is 5.75 Å². The van der Waals surface area contributed by atoms with Gasteiger partial charge in [-0.2, -0.15) is 13.2 Å². The summed E-state index contributed by atoms with van der Waals surface area (Å²) < 4.78 is 47.9. The average Bonchev–Trinajstić information content (AvgIpc) is 2.92. The van der Waals surface area contributed by atoms with Gasteiger partial charge >= 0.3 is 12.2 Å². The van der Waals surface area contributed by atoms with Gasteiger partial charge in [0.05, 0.1) is 23.5 Å². The topological polar surface area (TPSA) is 57.4 Å². The summed E-state index contributed by atoms with van der Waals surface area (Å²) in [6.07, 6.45) is -3.87. The summed E-state index contributed by atoms with van der Waals surface area (Å²) in [7, 11) is 1.51. The standard InChI is InChI=1S/C21H19ClF3N3O2/c1-30-12-8-9-16-14(11-12)13-5-4-10-28(19(18(13)26-16)21(23,24)25)20(29)27-17-7-3-2-6-15(17)22/h2-3,6-9,11,19,26H,4-5,10H2,1H3,(H,27,29). The largest absolute Gasteiger partial charge is 0.497 e. The number of hydrogen-bond acceptors (Lipinski definition) is 2. The van der Waals surface area contributed by atoms with Gasteiger partial charge in [-0.25, -0.2) is 4.79 Å². The number of nitrogens with zero attached hydrogens (tertiary/aromatic N) is 1. The number of hydrogen-bond donors (Lipinski definition) is 2. The van der Waals surface area contributed by atoms with Crippen LogP contribution in [0.1, 0.15) is 23.7 Å². The number of carbonyl (C=O) groups is 1. The van der Waals surface area contributed by atoms with E-state index >= 15 is 0 Å². The number of rotatable bonds is 2. The molecule has 3 aromatic rings. The van der Waals surface area contributed by atoms with Crippen LogP contribution in [0, 0.1) is 0 Å². The van der Waals surface area contributed by atoms with Gasteiger partial charge in [0.2, 0.25) is 0 Å². The van der Waals surface area contributed by atoms with Crippen molar-refractivity contribution in [2.45, 2.75) is 25.1 Å². The summed E-state index contributed by atoms with van der Waals surface area (Å²) >= 11 is 6.06. The quantitative estimate of drug-likeness (QED) is 0.523. The zero-order valence-electron chi connectivity index (χ0n) is 16.0. The number of urea groups is 1. The van der Waals surface area contributed by atoms with E-state index in [1.165, 1.54) is 7.11 Å². The van der Waals surface area contributed by atoms with E-state index in [1.54, 1.807) is 42.5 Å². The van der Waals surface area contributed by atoms with Gasteiger partial charge in [-0.1, -0.05) is 23.7 Å². The average molecular weight is 438 g/mol. The number of fused-ring (bicyclic) bond motifs is 3. The maximum Gasteiger partial charge on any atom is 0.414 e. The number of carbonyl (C=O) groups excluding carboxylic acids is 1. The molecule has 30 heavy (non-hydrogen) atoms. The molecule has 2 amide bonds. The zero-order valence-corrected chi connectivity index (χ0v) is 16.8. The minimum atomic E-state index is -4.66. The lowest BCUT2D eigenvalue weighted by Gasteiger charge is -2.31. The molecule has 5 nitrogen and oxygen atoms in total. The molecule has 9 heteroatoms. The minimum Gasteiger partial charge on any atom is -0.497 e. The van der Waals surface area contributed by atoms with Crippen LogP contribution in [0.3, 0.4) is 0 Å². The molecule has 4 rings (SSSR count). The van der Waals surface area contributed by atoms with Crippen molar-refractivity contribution in [3.63, 3.8) is 0 Å². The third kappa shape index (κ3) is 3.67. The lowest BCUT2D eigenvalue weighted by molar-refractivity contribution is -0.178. The minimum absolute atomic E-state index is 0.0161. The molecule has 2 heterocycles. The van der Waals surface area contributed by atoms with E-state index in [0.717, 1.165) is 4.90 Å². The number of methoxy groups -OCH3 is 1. The fourth-order valence-corrected chi connectivity index (χ4v) is 4.08. The van der Waals surface area contributed by atoms with Gasteiger partial charge in [0, 0.05) is 17.4 Å². The molecule has 0 spiro atoms. The van der Waals surface area contributed by atoms with Crippen LogP contribution in [-0.4, -0.2) is 35.7 Å². The molecule has 0 saturated heterocycles. The smallest absolute Gasteiger partial charge is 0.414 e. The molecule has 1 atom stereocenters. The Bertz CT molecular complexity index is 1100. The van der Waals surface area contributed by atoms with E-state index in [2.05, 4.69) is 10.3 Å². The Labute approximate surface area is 175 Å². The molecule has 1 aliphatic rings. The Morgan fingerprint density at radius 3 is 2.73 bits per heavy atom. The predicted octanol–water partition coefficient (Wildman–Crippen LogP) is 5.91. The van der Waals surface area contributed by atoms with E-state index in [1.807, 2.05) is 0 Å². The van der Waals surface area contributed by atoms with Crippen LogP contribution in [0.4, 0.5) is 23.7 Å². The zero-order chi connectivity index (χ0) is 21.5. The van der Waals surface area contributed by atoms with Crippen molar-refractivity contribution in [3.8, 4) is 5.75 Å². The second-order valence-electron chi connectivity index (χ2n) is 7.08. The number of H-pyrrole nitrogens is 1. The first kappa shape index (κ1) is 20.4. The van der Waals surface area contributed by atoms with Crippen LogP contribution >= 0.6 is 11.6 Å². The van der Waals surface area contributed by atoms with E-state index in [9.17, 15) is 18.0 Å². The van der Waals surface area contributed by atoms with Crippen molar-refractivity contribution in [2.75, 3.05) is 19.0 Å². The molecule has 2 aromatic carbocycles. The van der Waals surface area contributed by atoms with E-state index in [4.69, 9.17) is 16.3 Å². The van der Waals surface area contributed by atoms with Crippen LogP contribution in [0.2, 0.25) is 5.02 Å². The van der Waals surface area contributed by atoms with Crippen molar-refractivity contribution < 1.29 is 22.7 Å². The van der Waals surface area contributed by atoms with Crippen LogP contribution < -0.4 is 10.1 Å². The normalized spacial score (nSPS) is 16.8. The summed E-state index contributed by atoms with van der Waals surface area (Å²) in [4.78, 5) is 16.6. The Kier molecular flexibility index (Phi) is 5.27. The second-order valence-corrected chi connectivity index (χ2v) is 7.49. The highest BCUT2D eigenvalue weighted by Gasteiger charge is 2.49. The number of ether oxygens (including phenoxy) is 1. The number of aromatic nitrogens is 1. The summed E-state index contributed by atoms with van der Waals surface area (Å²) in [5, 5.41) is 3.44. The summed E-state index contributed by atoms with van der Waals surface area (Å²) in [5.41, 5.74) is 1.37. The number of anilines is 1. The Morgan fingerprint density at radius 2 is 2.03 bits per heavy atom. The lowest BCUT2D eigenvalue weighted by atomic mass is 10.0. The highest BCUT2D eigenvalue weighted by molar-refractivity contribution is 6.33. The summed E-state index contributed by atoms with van der Waals surface area (Å²) in [6, 6.07) is 8.56. The van der Waals surface area contributed by atoms with Crippen LogP contribution in [0.15, 0.2) is 42.5 Å². The van der Waals surface area contributed by atoms with E-state index in [-0.39, 0.29) is 22.9 Å². The molecule has 1 unspecified atom stereocenters. The van der Waals surface area contributed by atoms with Crippen molar-refractivity contribution in [1.82, 2.24) is 9.88 Å². The first-order valence-electron chi connectivity index (χ1n) is 9.37. The van der Waals surface area contributed by atoms with Gasteiger partial charge in [0.1, 0.15) is 5.75 Å². The fourth-order valence-electron chi connectivity index (χ4n) is 3.90. The molecule has 158 valence electrons. The highest BCUT2D eigenvalue weighted by Crippen LogP contribution is 2.43. The van der Waals surface area contributed by atoms with Gasteiger partial charge < -0.3 is 19.9 Å². The van der Waals surface area contributed by atoms with Gasteiger partial charge in [-0.3, -0.25) is 0 Å². The Morgan fingerprint density at radius 1 is 1.27 bits per heavy atom. The maximum atomic E-state index is 14.2. The Balaban J connectivity index is 1.77. The molecule has 0 aliphatic carbocycles. The van der Waals surface area contributed by atoms with Crippen molar-refractivity contribution in [2.24, 2.45) is 0 Å². The van der Waals surface area contributed by atoms with Gasteiger partial charge in [0.25, 0.3) is 0 Å². The lowest BCUT2D eigenvalue weighted by Crippen LogP contribution is -2.44. The maximum absolute atomic E-state index is 14.2. The van der Waals surface area contributed by atoms with Gasteiger partial charge in [-0.05, 0) is 48.7 Å². The number of alkyl halides is 3. The molecule has 0 saturated carbocycles. The summed E-state index contributed by atoms with van der Waals surface area (Å²) in [5.74, 6) is 0.561. The number of aromatic amines is 1. The number of para-hydroxylation sites is 1. The molecule has 0 bridgehead atoms. The molecule has 0 radical (unpaired) electrons. The number of nitrogens with one attached hydrogen (secondary N) is 2. The fraction of sp³-hybridized carbons (Fsp3) is 0.286. The first-order valence-corrected chi connectivity index (χ1v) is 9.74. The molecular weight excluding hydrogens is 419 g/mol. The van der Waals surface area contributed by atoms with Crippen molar-refractivity contribution in [1.29, 1.82) is 0 Å². The SMILES string of the molecule is COc1ccc2[nH]c3c(c2c1)CCCN(C(=O)Nc1ccccc1Cl)C3C(F)(F)F. The number of benzene rings is 2. The highest BCUT2D eigenvalue weighted by atomic mass is 35.5. The molecule has 2 N–H and O–H groups in total. The van der Waals surface area contributed by atoms with Crippen LogP contribution in [-0.2, 0) is 6.42 Å². The van der Waals surface area contributed by atoms with Crippen molar-refractivity contribution in [3.05, 3.63) is 58.7 Å². The van der Waals surface area contributed by atoms with Gasteiger partial charge in [-0.15, -0.1) is 0 Å². The second kappa shape index (κ2) is 7.75. The van der Waals surface area contributed by atoms with E-state index < -0.39 is 18.2 Å². The predicted molar refractivity (Wildman–Crippen MR) is 109 cm³/mol. The molecule has 1 aromatic heterocycles. The molecule has 1 aliphatic heterocycles. The van der Waals surface area contributed by atoms with Crippen LogP contribution in [0.25, 0.3) is 10.9 Å². The molecule has 0 fully saturated rings. The van der Waals surface area contributed by atoms with Gasteiger partial charge in [0.15, 0.2) is 6.04 Å². The first-order chi connectivity index (χ1) is 14.3. The van der Waals surface area contributed by atoms with E-state index in [0.29, 0.717) is 35.1 Å². The monoisotopic (exact) mass is 437 g/mol. The Hall–Kier alpha value is -2.87. The summed E-state index contributed by atoms with van der Waals surface area (Å²) in [6.45, 7) is -0.0472. The third-order valence-electron chi connectivity index (χ3n) is 5.24. The molecular formula is C21H19ClF3N3O2. The number of halogens is 4. The number of amides is 2.